The maximum absolute atomic E-state index is 6.37. The highest BCUT2D eigenvalue weighted by Crippen LogP contribution is 2.42. The first kappa shape index (κ1) is 12.4. The van der Waals surface area contributed by atoms with E-state index in [1.165, 1.54) is 11.3 Å². The lowest BCUT2D eigenvalue weighted by Crippen LogP contribution is -2.33. The number of halogens is 1. The molecule has 0 spiro atoms. The minimum Gasteiger partial charge on any atom is -0.397 e. The zero-order valence-electron chi connectivity index (χ0n) is 10.9. The lowest BCUT2D eigenvalue weighted by molar-refractivity contribution is 0.618. The number of hydrogen-bond acceptors (Lipinski definition) is 2. The van der Waals surface area contributed by atoms with Gasteiger partial charge in [0.1, 0.15) is 0 Å². The fourth-order valence-electron chi connectivity index (χ4n) is 2.82. The molecule has 0 fully saturated rings. The van der Waals surface area contributed by atoms with Crippen LogP contribution in [0.15, 0.2) is 42.5 Å². The van der Waals surface area contributed by atoms with Crippen LogP contribution in [0.2, 0.25) is 5.02 Å². The molecule has 3 heteroatoms. The van der Waals surface area contributed by atoms with Crippen molar-refractivity contribution in [2.75, 3.05) is 10.6 Å². The third kappa shape index (κ3) is 2.06. The zero-order chi connectivity index (χ0) is 13.4. The van der Waals surface area contributed by atoms with Gasteiger partial charge in [-0.25, -0.2) is 0 Å². The number of anilines is 3. The molecule has 2 aromatic carbocycles. The fourth-order valence-corrected chi connectivity index (χ4v) is 3.09. The minimum atomic E-state index is 0.400. The Morgan fingerprint density at radius 2 is 1.95 bits per heavy atom. The van der Waals surface area contributed by atoms with Gasteiger partial charge in [-0.3, -0.25) is 0 Å². The Balaban J connectivity index is 2.19. The van der Waals surface area contributed by atoms with Crippen LogP contribution < -0.4 is 10.6 Å². The summed E-state index contributed by atoms with van der Waals surface area (Å²) in [5, 5.41) is 0.712. The van der Waals surface area contributed by atoms with E-state index in [-0.39, 0.29) is 0 Å². The van der Waals surface area contributed by atoms with Gasteiger partial charge in [-0.15, -0.1) is 0 Å². The van der Waals surface area contributed by atoms with Crippen LogP contribution in [0.4, 0.5) is 17.1 Å². The molecule has 19 heavy (non-hydrogen) atoms. The number of fused-ring (bicyclic) bond motifs is 1. The molecule has 3 rings (SSSR count). The van der Waals surface area contributed by atoms with Gasteiger partial charge in [-0.05, 0) is 43.5 Å². The summed E-state index contributed by atoms with van der Waals surface area (Å²) in [6.45, 7) is 2.22. The summed E-state index contributed by atoms with van der Waals surface area (Å²) >= 11 is 6.37. The predicted octanol–water partition coefficient (Wildman–Crippen LogP) is 4.40. The van der Waals surface area contributed by atoms with Crippen molar-refractivity contribution in [2.24, 2.45) is 0 Å². The number of nitrogen functional groups attached to an aromatic ring is 1. The van der Waals surface area contributed by atoms with E-state index in [1.54, 1.807) is 0 Å². The molecule has 1 aliphatic rings. The van der Waals surface area contributed by atoms with Gasteiger partial charge < -0.3 is 10.6 Å². The molecule has 1 heterocycles. The third-order valence-corrected chi connectivity index (χ3v) is 4.09. The van der Waals surface area contributed by atoms with Gasteiger partial charge >= 0.3 is 0 Å². The van der Waals surface area contributed by atoms with Gasteiger partial charge in [0.05, 0.1) is 16.4 Å². The van der Waals surface area contributed by atoms with Crippen molar-refractivity contribution in [3.8, 4) is 0 Å². The van der Waals surface area contributed by atoms with Gasteiger partial charge in [-0.1, -0.05) is 35.9 Å². The molecule has 2 N–H and O–H groups in total. The molecule has 1 aliphatic heterocycles. The summed E-state index contributed by atoms with van der Waals surface area (Å²) in [6.07, 6.45) is 2.22. The molecular weight excluding hydrogens is 256 g/mol. The fraction of sp³-hybridized carbons (Fsp3) is 0.250. The average Bonchev–Trinajstić information content (AvgIpc) is 2.41. The van der Waals surface area contributed by atoms with Crippen LogP contribution in [0.1, 0.15) is 18.9 Å². The van der Waals surface area contributed by atoms with Crippen LogP contribution in [-0.2, 0) is 6.42 Å². The Labute approximate surface area is 118 Å². The van der Waals surface area contributed by atoms with Crippen molar-refractivity contribution in [3.05, 3.63) is 53.1 Å². The molecule has 0 aliphatic carbocycles. The lowest BCUT2D eigenvalue weighted by Gasteiger charge is -2.38. The number of nitrogens with two attached hydrogens (primary N) is 1. The molecule has 0 bridgehead atoms. The topological polar surface area (TPSA) is 29.3 Å². The summed E-state index contributed by atoms with van der Waals surface area (Å²) in [7, 11) is 0. The molecule has 0 saturated heterocycles. The summed E-state index contributed by atoms with van der Waals surface area (Å²) in [4.78, 5) is 2.27. The van der Waals surface area contributed by atoms with E-state index in [0.29, 0.717) is 11.1 Å². The molecular formula is C16H17ClN2. The van der Waals surface area contributed by atoms with Gasteiger partial charge in [-0.2, -0.15) is 0 Å². The van der Waals surface area contributed by atoms with Crippen LogP contribution in [-0.4, -0.2) is 6.04 Å². The largest absolute Gasteiger partial charge is 0.397 e. The zero-order valence-corrected chi connectivity index (χ0v) is 11.7. The summed E-state index contributed by atoms with van der Waals surface area (Å²) in [5.41, 5.74) is 10.4. The second-order valence-corrected chi connectivity index (χ2v) is 5.47. The predicted molar refractivity (Wildman–Crippen MR) is 82.2 cm³/mol. The average molecular weight is 273 g/mol. The Morgan fingerprint density at radius 3 is 2.74 bits per heavy atom. The van der Waals surface area contributed by atoms with Gasteiger partial charge in [0.25, 0.3) is 0 Å². The standard InChI is InChI=1S/C16H17ClN2/c1-11-9-10-12-5-2-3-8-15(12)19(11)16-13(17)6-4-7-14(16)18/h2-8,11H,9-10,18H2,1H3. The van der Waals surface area contributed by atoms with Crippen LogP contribution >= 0.6 is 11.6 Å². The maximum atomic E-state index is 6.37. The van der Waals surface area contributed by atoms with Crippen molar-refractivity contribution >= 4 is 28.7 Å². The van der Waals surface area contributed by atoms with Crippen LogP contribution in [0, 0.1) is 0 Å². The minimum absolute atomic E-state index is 0.400. The Morgan fingerprint density at radius 1 is 1.16 bits per heavy atom. The summed E-state index contributed by atoms with van der Waals surface area (Å²) < 4.78 is 0. The first-order valence-electron chi connectivity index (χ1n) is 6.59. The summed E-state index contributed by atoms with van der Waals surface area (Å²) in [5.74, 6) is 0. The molecule has 2 nitrogen and oxygen atoms in total. The number of aryl methyl sites for hydroxylation is 1. The number of benzene rings is 2. The van der Waals surface area contributed by atoms with Crippen molar-refractivity contribution in [1.82, 2.24) is 0 Å². The number of para-hydroxylation sites is 2. The smallest absolute Gasteiger partial charge is 0.0836 e. The van der Waals surface area contributed by atoms with E-state index in [9.17, 15) is 0 Å². The van der Waals surface area contributed by atoms with E-state index in [1.807, 2.05) is 18.2 Å². The SMILES string of the molecule is CC1CCc2ccccc2N1c1c(N)cccc1Cl. The summed E-state index contributed by atoms with van der Waals surface area (Å²) in [6, 6.07) is 14.6. The third-order valence-electron chi connectivity index (χ3n) is 3.78. The van der Waals surface area contributed by atoms with E-state index < -0.39 is 0 Å². The quantitative estimate of drug-likeness (QED) is 0.780. The van der Waals surface area contributed by atoms with E-state index in [2.05, 4.69) is 36.1 Å². The normalized spacial score (nSPS) is 18.2. The van der Waals surface area contributed by atoms with E-state index in [4.69, 9.17) is 17.3 Å². The first-order valence-corrected chi connectivity index (χ1v) is 6.97. The van der Waals surface area contributed by atoms with Gasteiger partial charge in [0.2, 0.25) is 0 Å². The van der Waals surface area contributed by atoms with Gasteiger partial charge in [0, 0.05) is 11.7 Å². The van der Waals surface area contributed by atoms with Crippen LogP contribution in [0.25, 0.3) is 0 Å². The number of nitrogens with zero attached hydrogens (tertiary/aromatic N) is 1. The first-order chi connectivity index (χ1) is 9.18. The molecule has 0 aromatic heterocycles. The second-order valence-electron chi connectivity index (χ2n) is 5.06. The molecule has 2 aromatic rings. The Hall–Kier alpha value is -1.67. The highest BCUT2D eigenvalue weighted by Gasteiger charge is 2.26. The lowest BCUT2D eigenvalue weighted by atomic mass is 9.95. The monoisotopic (exact) mass is 272 g/mol. The van der Waals surface area contributed by atoms with E-state index >= 15 is 0 Å². The van der Waals surface area contributed by atoms with Crippen molar-refractivity contribution in [1.29, 1.82) is 0 Å². The van der Waals surface area contributed by atoms with Crippen molar-refractivity contribution in [2.45, 2.75) is 25.8 Å². The van der Waals surface area contributed by atoms with Crippen LogP contribution in [0.3, 0.4) is 0 Å². The van der Waals surface area contributed by atoms with Gasteiger partial charge in [0.15, 0.2) is 0 Å². The highest BCUT2D eigenvalue weighted by atomic mass is 35.5. The Bertz CT molecular complexity index is 589. The van der Waals surface area contributed by atoms with Crippen molar-refractivity contribution < 1.29 is 0 Å². The molecule has 0 amide bonds. The highest BCUT2D eigenvalue weighted by molar-refractivity contribution is 6.34. The molecule has 1 unspecified atom stereocenters. The van der Waals surface area contributed by atoms with Crippen LogP contribution in [0.5, 0.6) is 0 Å². The molecule has 0 saturated carbocycles. The maximum Gasteiger partial charge on any atom is 0.0836 e. The van der Waals surface area contributed by atoms with Crippen molar-refractivity contribution in [3.63, 3.8) is 0 Å². The number of hydrogen-bond donors (Lipinski definition) is 1. The Kier molecular flexibility index (Phi) is 3.11. The molecule has 98 valence electrons. The van der Waals surface area contributed by atoms with E-state index in [0.717, 1.165) is 24.2 Å². The molecule has 0 radical (unpaired) electrons. The number of rotatable bonds is 1. The molecule has 1 atom stereocenters. The second kappa shape index (κ2) is 4.78.